The van der Waals surface area contributed by atoms with Crippen LogP contribution >= 0.6 is 0 Å². The Labute approximate surface area is 143 Å². The number of nitrogens with two attached hydrogens (primary N) is 1. The fourth-order valence-corrected chi connectivity index (χ4v) is 2.61. The molecule has 0 aliphatic rings. The number of methoxy groups -OCH3 is 1. The number of carbonyl (C=O) groups excluding carboxylic acids is 1. The van der Waals surface area contributed by atoms with Gasteiger partial charge in [0.25, 0.3) is 0 Å². The van der Waals surface area contributed by atoms with Gasteiger partial charge in [-0.2, -0.15) is 0 Å². The summed E-state index contributed by atoms with van der Waals surface area (Å²) >= 11 is 0. The van der Waals surface area contributed by atoms with Gasteiger partial charge in [0.1, 0.15) is 0 Å². The molecule has 0 aromatic heterocycles. The van der Waals surface area contributed by atoms with Crippen LogP contribution in [0.4, 0.5) is 11.4 Å². The summed E-state index contributed by atoms with van der Waals surface area (Å²) in [6, 6.07) is 15.2. The molecule has 0 aliphatic carbocycles. The third-order valence-electron chi connectivity index (χ3n) is 3.90. The molecule has 5 nitrogen and oxygen atoms in total. The second-order valence-corrected chi connectivity index (χ2v) is 5.95. The molecule has 24 heavy (non-hydrogen) atoms. The number of hydrogen-bond donors (Lipinski definition) is 2. The standard InChI is InChI=1S/C19H25N3O2/c1-22(2)13-12-18(14-8-4-6-10-16(14)20)21-17-11-7-5-9-15(17)19(23)24-3/h4-11,18,21H,12-13,20H2,1-3H3. The Balaban J connectivity index is 2.32. The first-order valence-electron chi connectivity index (χ1n) is 7.96. The van der Waals surface area contributed by atoms with Crippen LogP contribution in [-0.4, -0.2) is 38.6 Å². The van der Waals surface area contributed by atoms with Gasteiger partial charge in [-0.3, -0.25) is 0 Å². The maximum Gasteiger partial charge on any atom is 0.339 e. The van der Waals surface area contributed by atoms with E-state index in [-0.39, 0.29) is 12.0 Å². The van der Waals surface area contributed by atoms with E-state index in [0.717, 1.165) is 29.9 Å². The zero-order chi connectivity index (χ0) is 17.5. The van der Waals surface area contributed by atoms with E-state index in [0.29, 0.717) is 5.56 Å². The van der Waals surface area contributed by atoms with E-state index >= 15 is 0 Å². The molecule has 5 heteroatoms. The van der Waals surface area contributed by atoms with Gasteiger partial charge in [-0.1, -0.05) is 30.3 Å². The molecule has 2 aromatic carbocycles. The van der Waals surface area contributed by atoms with Crippen LogP contribution in [0.25, 0.3) is 0 Å². The van der Waals surface area contributed by atoms with Crippen molar-refractivity contribution in [3.05, 3.63) is 59.7 Å². The lowest BCUT2D eigenvalue weighted by molar-refractivity contribution is 0.0602. The summed E-state index contributed by atoms with van der Waals surface area (Å²) in [5.74, 6) is -0.356. The summed E-state index contributed by atoms with van der Waals surface area (Å²) in [6.07, 6.45) is 0.858. The Morgan fingerprint density at radius 2 is 1.83 bits per heavy atom. The van der Waals surface area contributed by atoms with Crippen LogP contribution in [0.2, 0.25) is 0 Å². The zero-order valence-electron chi connectivity index (χ0n) is 14.5. The van der Waals surface area contributed by atoms with Crippen molar-refractivity contribution in [3.8, 4) is 0 Å². The second kappa shape index (κ2) is 8.36. The average Bonchev–Trinajstić information content (AvgIpc) is 2.58. The Kier molecular flexibility index (Phi) is 6.21. The smallest absolute Gasteiger partial charge is 0.339 e. The van der Waals surface area contributed by atoms with E-state index in [9.17, 15) is 4.79 Å². The van der Waals surface area contributed by atoms with Crippen molar-refractivity contribution < 1.29 is 9.53 Å². The predicted molar refractivity (Wildman–Crippen MR) is 98.2 cm³/mol. The first-order valence-corrected chi connectivity index (χ1v) is 7.96. The number of esters is 1. The minimum Gasteiger partial charge on any atom is -0.465 e. The lowest BCUT2D eigenvalue weighted by Crippen LogP contribution is -2.21. The molecule has 1 atom stereocenters. The van der Waals surface area contributed by atoms with Gasteiger partial charge in [-0.15, -0.1) is 0 Å². The molecule has 2 aromatic rings. The van der Waals surface area contributed by atoms with Gasteiger partial charge in [0.2, 0.25) is 0 Å². The summed E-state index contributed by atoms with van der Waals surface area (Å²) < 4.78 is 4.87. The van der Waals surface area contributed by atoms with Crippen LogP contribution in [0, 0.1) is 0 Å². The number of hydrogen-bond acceptors (Lipinski definition) is 5. The number of benzene rings is 2. The average molecular weight is 327 g/mol. The van der Waals surface area contributed by atoms with E-state index in [2.05, 4.69) is 10.2 Å². The second-order valence-electron chi connectivity index (χ2n) is 5.95. The highest BCUT2D eigenvalue weighted by molar-refractivity contribution is 5.95. The highest BCUT2D eigenvalue weighted by Crippen LogP contribution is 2.29. The highest BCUT2D eigenvalue weighted by Gasteiger charge is 2.18. The van der Waals surface area contributed by atoms with E-state index in [1.54, 1.807) is 6.07 Å². The van der Waals surface area contributed by atoms with E-state index < -0.39 is 0 Å². The number of para-hydroxylation sites is 2. The molecule has 0 aliphatic heterocycles. The maximum atomic E-state index is 12.0. The fourth-order valence-electron chi connectivity index (χ4n) is 2.61. The minimum atomic E-state index is -0.356. The van der Waals surface area contributed by atoms with Crippen molar-refractivity contribution in [1.82, 2.24) is 4.90 Å². The molecule has 0 fully saturated rings. The van der Waals surface area contributed by atoms with Gasteiger partial charge >= 0.3 is 5.97 Å². The normalized spacial score (nSPS) is 12.0. The Hall–Kier alpha value is -2.53. The lowest BCUT2D eigenvalue weighted by atomic mass is 10.0. The summed E-state index contributed by atoms with van der Waals surface area (Å²) in [4.78, 5) is 14.1. The highest BCUT2D eigenvalue weighted by atomic mass is 16.5. The van der Waals surface area contributed by atoms with Crippen molar-refractivity contribution >= 4 is 17.3 Å². The largest absolute Gasteiger partial charge is 0.465 e. The molecule has 0 bridgehead atoms. The van der Waals surface area contributed by atoms with Crippen LogP contribution < -0.4 is 11.1 Å². The summed E-state index contributed by atoms with van der Waals surface area (Å²) in [6.45, 7) is 0.895. The first-order chi connectivity index (χ1) is 11.5. The molecule has 0 spiro atoms. The van der Waals surface area contributed by atoms with Crippen LogP contribution in [0.5, 0.6) is 0 Å². The van der Waals surface area contributed by atoms with Crippen molar-refractivity contribution in [3.63, 3.8) is 0 Å². The topological polar surface area (TPSA) is 67.6 Å². The van der Waals surface area contributed by atoms with Crippen molar-refractivity contribution in [1.29, 1.82) is 0 Å². The Morgan fingerprint density at radius 1 is 1.17 bits per heavy atom. The van der Waals surface area contributed by atoms with Gasteiger partial charge in [0, 0.05) is 11.4 Å². The number of rotatable bonds is 7. The molecule has 2 rings (SSSR count). The van der Waals surface area contributed by atoms with Crippen LogP contribution in [0.3, 0.4) is 0 Å². The van der Waals surface area contributed by atoms with Crippen LogP contribution in [-0.2, 0) is 4.74 Å². The van der Waals surface area contributed by atoms with Gasteiger partial charge in [0.15, 0.2) is 0 Å². The molecule has 128 valence electrons. The lowest BCUT2D eigenvalue weighted by Gasteiger charge is -2.24. The van der Waals surface area contributed by atoms with Crippen molar-refractivity contribution in [2.75, 3.05) is 38.8 Å². The Bertz CT molecular complexity index is 686. The molecule has 1 unspecified atom stereocenters. The van der Waals surface area contributed by atoms with Crippen LogP contribution in [0.1, 0.15) is 28.4 Å². The SMILES string of the molecule is COC(=O)c1ccccc1NC(CCN(C)C)c1ccccc1N. The molecule has 0 amide bonds. The van der Waals surface area contributed by atoms with E-state index in [4.69, 9.17) is 10.5 Å². The number of ether oxygens (including phenoxy) is 1. The fraction of sp³-hybridized carbons (Fsp3) is 0.316. The molecule has 0 radical (unpaired) electrons. The molecule has 3 N–H and O–H groups in total. The zero-order valence-corrected chi connectivity index (χ0v) is 14.5. The van der Waals surface area contributed by atoms with Gasteiger partial charge < -0.3 is 20.7 Å². The molecule has 0 heterocycles. The summed E-state index contributed by atoms with van der Waals surface area (Å²) in [7, 11) is 5.46. The van der Waals surface area contributed by atoms with Crippen LogP contribution in [0.15, 0.2) is 48.5 Å². The minimum absolute atomic E-state index is 0.000550. The number of anilines is 2. The van der Waals surface area contributed by atoms with Gasteiger partial charge in [0.05, 0.1) is 18.7 Å². The third kappa shape index (κ3) is 4.49. The van der Waals surface area contributed by atoms with Crippen molar-refractivity contribution in [2.24, 2.45) is 0 Å². The number of nitrogens with zero attached hydrogens (tertiary/aromatic N) is 1. The molecule has 0 saturated heterocycles. The number of nitrogens with one attached hydrogen (secondary N) is 1. The van der Waals surface area contributed by atoms with Gasteiger partial charge in [-0.25, -0.2) is 4.79 Å². The van der Waals surface area contributed by atoms with E-state index in [1.807, 2.05) is 56.6 Å². The quantitative estimate of drug-likeness (QED) is 0.604. The Morgan fingerprint density at radius 3 is 2.50 bits per heavy atom. The van der Waals surface area contributed by atoms with Crippen molar-refractivity contribution in [2.45, 2.75) is 12.5 Å². The molecular weight excluding hydrogens is 302 g/mol. The van der Waals surface area contributed by atoms with E-state index in [1.165, 1.54) is 7.11 Å². The maximum absolute atomic E-state index is 12.0. The summed E-state index contributed by atoms with van der Waals surface area (Å²) in [5.41, 5.74) is 9.19. The van der Waals surface area contributed by atoms with Gasteiger partial charge in [-0.05, 0) is 50.8 Å². The summed E-state index contributed by atoms with van der Waals surface area (Å²) in [5, 5.41) is 3.47. The number of carbonyl (C=O) groups is 1. The molecular formula is C19H25N3O2. The number of nitrogen functional groups attached to an aromatic ring is 1. The first kappa shape index (κ1) is 17.8. The third-order valence-corrected chi connectivity index (χ3v) is 3.90. The monoisotopic (exact) mass is 327 g/mol. The molecule has 0 saturated carbocycles. The predicted octanol–water partition coefficient (Wildman–Crippen LogP) is 3.16.